The third kappa shape index (κ3) is 3.18. The van der Waals surface area contributed by atoms with E-state index in [1.165, 1.54) is 12.1 Å². The largest absolute Gasteiger partial charge is 0.386 e. The van der Waals surface area contributed by atoms with Crippen LogP contribution in [0, 0.1) is 11.7 Å². The zero-order chi connectivity index (χ0) is 20.9. The van der Waals surface area contributed by atoms with Crippen LogP contribution in [0.4, 0.5) is 4.39 Å². The first-order valence-electron chi connectivity index (χ1n) is 10.5. The summed E-state index contributed by atoms with van der Waals surface area (Å²) < 4.78 is 15.2. The van der Waals surface area contributed by atoms with Gasteiger partial charge in [0.2, 0.25) is 0 Å². The van der Waals surface area contributed by atoms with E-state index in [9.17, 15) is 9.50 Å². The van der Waals surface area contributed by atoms with E-state index in [4.69, 9.17) is 4.98 Å². The molecule has 5 aromatic rings. The summed E-state index contributed by atoms with van der Waals surface area (Å²) in [5.74, 6) is 0.0436. The van der Waals surface area contributed by atoms with Crippen LogP contribution in [-0.2, 0) is 0 Å². The molecule has 0 saturated heterocycles. The van der Waals surface area contributed by atoms with Gasteiger partial charge in [0, 0.05) is 16.6 Å². The molecule has 152 valence electrons. The summed E-state index contributed by atoms with van der Waals surface area (Å²) in [6, 6.07) is 22.6. The monoisotopic (exact) mass is 409 g/mol. The van der Waals surface area contributed by atoms with Crippen molar-refractivity contribution in [3.8, 4) is 16.9 Å². The molecule has 0 radical (unpaired) electrons. The summed E-state index contributed by atoms with van der Waals surface area (Å²) >= 11 is 0. The number of hydrogen-bond acceptors (Lipinski definition) is 3. The molecule has 4 nitrogen and oxygen atoms in total. The molecule has 1 aliphatic carbocycles. The lowest BCUT2D eigenvalue weighted by Crippen LogP contribution is -2.04. The summed E-state index contributed by atoms with van der Waals surface area (Å²) in [5, 5.41) is 12.9. The lowest BCUT2D eigenvalue weighted by atomic mass is 10.0. The minimum Gasteiger partial charge on any atom is -0.386 e. The molecule has 0 amide bonds. The molecular weight excluding hydrogens is 389 g/mol. The minimum atomic E-state index is -0.536. The molecule has 0 spiro atoms. The van der Waals surface area contributed by atoms with E-state index in [0.717, 1.165) is 57.3 Å². The molecule has 1 aliphatic rings. The fourth-order valence-corrected chi connectivity index (χ4v) is 4.21. The normalized spacial score (nSPS) is 14.9. The number of aliphatic hydroxyl groups is 1. The van der Waals surface area contributed by atoms with Crippen LogP contribution in [0.2, 0.25) is 0 Å². The maximum Gasteiger partial charge on any atom is 0.123 e. The summed E-state index contributed by atoms with van der Waals surface area (Å²) in [6.07, 6.45) is 3.31. The molecule has 2 aromatic heterocycles. The van der Waals surface area contributed by atoms with E-state index >= 15 is 0 Å². The van der Waals surface area contributed by atoms with Gasteiger partial charge in [0.25, 0.3) is 0 Å². The number of aromatic nitrogens is 3. The number of imidazole rings is 1. The molecule has 31 heavy (non-hydrogen) atoms. The minimum absolute atomic E-state index is 0.262. The van der Waals surface area contributed by atoms with Gasteiger partial charge in [-0.1, -0.05) is 30.3 Å². The average Bonchev–Trinajstić information content (AvgIpc) is 3.57. The van der Waals surface area contributed by atoms with Gasteiger partial charge in [-0.05, 0) is 66.6 Å². The van der Waals surface area contributed by atoms with E-state index in [-0.39, 0.29) is 5.82 Å². The van der Waals surface area contributed by atoms with Gasteiger partial charge in [0.1, 0.15) is 12.1 Å². The smallest absolute Gasteiger partial charge is 0.123 e. The van der Waals surface area contributed by atoms with Crippen LogP contribution in [0.15, 0.2) is 79.1 Å². The molecule has 5 heteroatoms. The van der Waals surface area contributed by atoms with Crippen LogP contribution in [0.3, 0.4) is 0 Å². The second kappa shape index (κ2) is 7.00. The quantitative estimate of drug-likeness (QED) is 0.407. The maximum atomic E-state index is 13.3. The Labute approximate surface area is 178 Å². The highest BCUT2D eigenvalue weighted by atomic mass is 19.1. The van der Waals surface area contributed by atoms with Crippen molar-refractivity contribution in [3.05, 3.63) is 90.6 Å². The molecule has 1 unspecified atom stereocenters. The molecule has 1 atom stereocenters. The van der Waals surface area contributed by atoms with Crippen molar-refractivity contribution in [1.29, 1.82) is 0 Å². The Morgan fingerprint density at radius 2 is 1.77 bits per heavy atom. The molecule has 1 N–H and O–H groups in total. The average molecular weight is 409 g/mol. The molecule has 3 aromatic carbocycles. The number of benzene rings is 3. The van der Waals surface area contributed by atoms with Crippen LogP contribution in [0.5, 0.6) is 0 Å². The third-order valence-electron chi connectivity index (χ3n) is 6.07. The Bertz CT molecular complexity index is 1420. The van der Waals surface area contributed by atoms with Crippen molar-refractivity contribution in [3.63, 3.8) is 0 Å². The molecule has 2 heterocycles. The highest BCUT2D eigenvalue weighted by Gasteiger charge is 2.33. The van der Waals surface area contributed by atoms with Gasteiger partial charge < -0.3 is 5.11 Å². The Morgan fingerprint density at radius 3 is 2.58 bits per heavy atom. The van der Waals surface area contributed by atoms with Crippen LogP contribution >= 0.6 is 0 Å². The van der Waals surface area contributed by atoms with Gasteiger partial charge in [-0.15, -0.1) is 0 Å². The lowest BCUT2D eigenvalue weighted by Gasteiger charge is -2.14. The van der Waals surface area contributed by atoms with Gasteiger partial charge in [-0.25, -0.2) is 14.4 Å². The maximum absolute atomic E-state index is 13.3. The second-order valence-corrected chi connectivity index (χ2v) is 8.19. The van der Waals surface area contributed by atoms with E-state index in [1.54, 1.807) is 18.5 Å². The highest BCUT2D eigenvalue weighted by Crippen LogP contribution is 2.42. The van der Waals surface area contributed by atoms with Gasteiger partial charge in [0.15, 0.2) is 0 Å². The van der Waals surface area contributed by atoms with Crippen molar-refractivity contribution < 1.29 is 9.50 Å². The standard InChI is InChI=1S/C26H20FN3O/c27-19-8-10-20(11-9-19)30-15-28-23-14-18(7-12-24(23)30)22-13-17-3-1-2-4-21(17)25(29-22)26(31)16-5-6-16/h1-4,7-16,26,31H,5-6H2. The Morgan fingerprint density at radius 1 is 0.968 bits per heavy atom. The molecule has 1 saturated carbocycles. The number of pyridine rings is 1. The zero-order valence-corrected chi connectivity index (χ0v) is 16.7. The molecular formula is C26H20FN3O. The lowest BCUT2D eigenvalue weighted by molar-refractivity contribution is 0.151. The fraction of sp³-hybridized carbons (Fsp3) is 0.154. The molecule has 0 bridgehead atoms. The summed E-state index contributed by atoms with van der Waals surface area (Å²) in [5.41, 5.74) is 5.16. The van der Waals surface area contributed by atoms with Crippen LogP contribution in [0.1, 0.15) is 24.6 Å². The van der Waals surface area contributed by atoms with Crippen LogP contribution in [0.25, 0.3) is 38.8 Å². The number of fused-ring (bicyclic) bond motifs is 2. The van der Waals surface area contributed by atoms with E-state index in [2.05, 4.69) is 17.1 Å². The van der Waals surface area contributed by atoms with E-state index in [1.807, 2.05) is 41.0 Å². The fourth-order valence-electron chi connectivity index (χ4n) is 4.21. The third-order valence-corrected chi connectivity index (χ3v) is 6.07. The number of hydrogen-bond donors (Lipinski definition) is 1. The van der Waals surface area contributed by atoms with Gasteiger partial charge in [0.05, 0.1) is 28.5 Å². The number of halogens is 1. The predicted molar refractivity (Wildman–Crippen MR) is 119 cm³/mol. The predicted octanol–water partition coefficient (Wildman–Crippen LogP) is 5.82. The van der Waals surface area contributed by atoms with Gasteiger partial charge in [-0.2, -0.15) is 0 Å². The molecule has 1 fully saturated rings. The van der Waals surface area contributed by atoms with Crippen molar-refractivity contribution in [2.75, 3.05) is 0 Å². The highest BCUT2D eigenvalue weighted by molar-refractivity contribution is 5.90. The summed E-state index contributed by atoms with van der Waals surface area (Å²) in [7, 11) is 0. The first kappa shape index (κ1) is 18.2. The first-order chi connectivity index (χ1) is 15.2. The number of nitrogens with zero attached hydrogens (tertiary/aromatic N) is 3. The van der Waals surface area contributed by atoms with Crippen molar-refractivity contribution in [2.24, 2.45) is 5.92 Å². The first-order valence-corrected chi connectivity index (χ1v) is 10.5. The van der Waals surface area contributed by atoms with Gasteiger partial charge >= 0.3 is 0 Å². The zero-order valence-electron chi connectivity index (χ0n) is 16.7. The Balaban J connectivity index is 1.47. The Kier molecular flexibility index (Phi) is 4.11. The van der Waals surface area contributed by atoms with Crippen molar-refractivity contribution in [1.82, 2.24) is 14.5 Å². The van der Waals surface area contributed by atoms with Crippen LogP contribution < -0.4 is 0 Å². The topological polar surface area (TPSA) is 50.9 Å². The Hall–Kier alpha value is -3.57. The van der Waals surface area contributed by atoms with Gasteiger partial charge in [-0.3, -0.25) is 4.57 Å². The second-order valence-electron chi connectivity index (χ2n) is 8.19. The van der Waals surface area contributed by atoms with Crippen LogP contribution in [-0.4, -0.2) is 19.6 Å². The van der Waals surface area contributed by atoms with Crippen molar-refractivity contribution in [2.45, 2.75) is 18.9 Å². The van der Waals surface area contributed by atoms with E-state index < -0.39 is 6.10 Å². The molecule has 6 rings (SSSR count). The number of aliphatic hydroxyl groups excluding tert-OH is 1. The molecule has 0 aliphatic heterocycles. The van der Waals surface area contributed by atoms with E-state index in [0.29, 0.717) is 5.92 Å². The SMILES string of the molecule is OC(c1nc(-c2ccc3c(c2)ncn3-c2ccc(F)cc2)cc2ccccc12)C1CC1. The van der Waals surface area contributed by atoms with Crippen molar-refractivity contribution >= 4 is 21.8 Å². The summed E-state index contributed by atoms with van der Waals surface area (Å²) in [4.78, 5) is 9.44. The number of rotatable bonds is 4. The summed E-state index contributed by atoms with van der Waals surface area (Å²) in [6.45, 7) is 0.